The number of nitrogen functional groups attached to an aromatic ring is 1. The highest BCUT2D eigenvalue weighted by Crippen LogP contribution is 2.36. The first kappa shape index (κ1) is 11.3. The quantitative estimate of drug-likeness (QED) is 0.890. The van der Waals surface area contributed by atoms with E-state index in [-0.39, 0.29) is 0 Å². The summed E-state index contributed by atoms with van der Waals surface area (Å²) in [4.78, 5) is 0. The van der Waals surface area contributed by atoms with Gasteiger partial charge >= 0.3 is 0 Å². The Morgan fingerprint density at radius 3 is 2.81 bits per heavy atom. The Balaban J connectivity index is 2.63. The molecule has 2 rings (SSSR count). The molecule has 3 nitrogen and oxygen atoms in total. The monoisotopic (exact) mass is 256 g/mol. The van der Waals surface area contributed by atoms with Gasteiger partial charge in [0.25, 0.3) is 0 Å². The van der Waals surface area contributed by atoms with Gasteiger partial charge in [-0.2, -0.15) is 0 Å². The van der Waals surface area contributed by atoms with Crippen LogP contribution in [0.5, 0.6) is 0 Å². The second-order valence-corrected chi connectivity index (χ2v) is 4.11. The molecule has 0 aliphatic carbocycles. The van der Waals surface area contributed by atoms with Crippen molar-refractivity contribution in [1.29, 1.82) is 0 Å². The van der Waals surface area contributed by atoms with Crippen LogP contribution < -0.4 is 5.73 Å². The van der Waals surface area contributed by atoms with Gasteiger partial charge in [-0.05, 0) is 12.5 Å². The fourth-order valence-corrected chi connectivity index (χ4v) is 1.95. The van der Waals surface area contributed by atoms with Crippen LogP contribution in [0.15, 0.2) is 22.7 Å². The van der Waals surface area contributed by atoms with Gasteiger partial charge in [-0.25, -0.2) is 0 Å². The lowest BCUT2D eigenvalue weighted by Gasteiger charge is -2.03. The maximum atomic E-state index is 6.11. The summed E-state index contributed by atoms with van der Waals surface area (Å²) in [5.41, 5.74) is 7.93. The molecule has 1 aromatic heterocycles. The van der Waals surface area contributed by atoms with Crippen LogP contribution in [0.1, 0.15) is 12.5 Å². The molecule has 0 unspecified atom stereocenters. The highest BCUT2D eigenvalue weighted by Gasteiger charge is 2.17. The summed E-state index contributed by atoms with van der Waals surface area (Å²) in [5.74, 6) is 0.327. The van der Waals surface area contributed by atoms with E-state index in [1.54, 1.807) is 6.07 Å². The van der Waals surface area contributed by atoms with Crippen molar-refractivity contribution in [3.63, 3.8) is 0 Å². The first-order valence-corrected chi connectivity index (χ1v) is 5.59. The molecule has 0 amide bonds. The van der Waals surface area contributed by atoms with Gasteiger partial charge in [-0.1, -0.05) is 47.4 Å². The molecule has 0 atom stereocenters. The molecule has 0 saturated heterocycles. The van der Waals surface area contributed by atoms with Crippen LogP contribution in [0, 0.1) is 0 Å². The molecular formula is C11H10Cl2N2O. The van der Waals surface area contributed by atoms with Crippen LogP contribution in [0.3, 0.4) is 0 Å². The van der Waals surface area contributed by atoms with Crippen molar-refractivity contribution < 1.29 is 4.52 Å². The Kier molecular flexibility index (Phi) is 3.08. The Bertz CT molecular complexity index is 523. The smallest absolute Gasteiger partial charge is 0.225 e. The van der Waals surface area contributed by atoms with E-state index in [1.165, 1.54) is 0 Å². The average molecular weight is 257 g/mol. The van der Waals surface area contributed by atoms with E-state index >= 15 is 0 Å². The molecule has 0 fully saturated rings. The summed E-state index contributed by atoms with van der Waals surface area (Å²) >= 11 is 12.1. The van der Waals surface area contributed by atoms with Crippen molar-refractivity contribution in [3.8, 4) is 11.3 Å². The third-order valence-corrected chi connectivity index (χ3v) is 3.20. The van der Waals surface area contributed by atoms with Gasteiger partial charge in [0.1, 0.15) is 5.69 Å². The number of hydrogen-bond acceptors (Lipinski definition) is 3. The van der Waals surface area contributed by atoms with E-state index in [9.17, 15) is 0 Å². The zero-order valence-corrected chi connectivity index (χ0v) is 10.1. The summed E-state index contributed by atoms with van der Waals surface area (Å²) < 4.78 is 4.96. The van der Waals surface area contributed by atoms with Gasteiger partial charge < -0.3 is 10.3 Å². The third kappa shape index (κ3) is 1.77. The number of aromatic nitrogens is 1. The number of nitrogens with two attached hydrogens (primary N) is 1. The molecule has 1 heterocycles. The SMILES string of the molecule is CCc1c(-c2cccc(Cl)c2Cl)noc1N. The van der Waals surface area contributed by atoms with E-state index in [4.69, 9.17) is 33.5 Å². The molecule has 2 N–H and O–H groups in total. The third-order valence-electron chi connectivity index (χ3n) is 2.38. The van der Waals surface area contributed by atoms with E-state index in [1.807, 2.05) is 19.1 Å². The van der Waals surface area contributed by atoms with Gasteiger partial charge in [0.05, 0.1) is 10.0 Å². The number of halogens is 2. The molecule has 84 valence electrons. The Hall–Kier alpha value is -1.19. The van der Waals surface area contributed by atoms with Crippen LogP contribution in [0.25, 0.3) is 11.3 Å². The number of rotatable bonds is 2. The number of hydrogen-bond donors (Lipinski definition) is 1. The largest absolute Gasteiger partial charge is 0.367 e. The fourth-order valence-electron chi connectivity index (χ4n) is 1.56. The van der Waals surface area contributed by atoms with E-state index in [2.05, 4.69) is 5.16 Å². The lowest BCUT2D eigenvalue weighted by molar-refractivity contribution is 0.438. The summed E-state index contributed by atoms with van der Waals surface area (Å²) in [7, 11) is 0. The average Bonchev–Trinajstić information content (AvgIpc) is 2.63. The molecule has 0 aliphatic rings. The van der Waals surface area contributed by atoms with Crippen molar-refractivity contribution in [2.45, 2.75) is 13.3 Å². The lowest BCUT2D eigenvalue weighted by Crippen LogP contribution is -1.90. The first-order chi connectivity index (χ1) is 7.65. The molecule has 0 bridgehead atoms. The highest BCUT2D eigenvalue weighted by atomic mass is 35.5. The lowest BCUT2D eigenvalue weighted by atomic mass is 10.1. The van der Waals surface area contributed by atoms with E-state index < -0.39 is 0 Å². The zero-order valence-electron chi connectivity index (χ0n) is 8.63. The van der Waals surface area contributed by atoms with E-state index in [0.717, 1.165) is 17.5 Å². The maximum Gasteiger partial charge on any atom is 0.225 e. The van der Waals surface area contributed by atoms with Crippen LogP contribution in [-0.2, 0) is 6.42 Å². The molecule has 0 radical (unpaired) electrons. The minimum absolute atomic E-state index is 0.327. The Morgan fingerprint density at radius 2 is 2.12 bits per heavy atom. The molecule has 1 aromatic carbocycles. The van der Waals surface area contributed by atoms with Crippen molar-refractivity contribution >= 4 is 29.1 Å². The standard InChI is InChI=1S/C11H10Cl2N2O/c1-2-6-10(15-16-11(6)14)7-4-3-5-8(12)9(7)13/h3-5H,2,14H2,1H3. The van der Waals surface area contributed by atoms with Crippen LogP contribution >= 0.6 is 23.2 Å². The molecule has 0 saturated carbocycles. The molecule has 0 spiro atoms. The Labute approximate surface area is 103 Å². The summed E-state index contributed by atoms with van der Waals surface area (Å²) in [6, 6.07) is 5.38. The minimum atomic E-state index is 0.327. The van der Waals surface area contributed by atoms with Crippen LogP contribution in [0.2, 0.25) is 10.0 Å². The molecular weight excluding hydrogens is 247 g/mol. The first-order valence-electron chi connectivity index (χ1n) is 4.83. The van der Waals surface area contributed by atoms with Crippen molar-refractivity contribution in [1.82, 2.24) is 5.16 Å². The summed E-state index contributed by atoms with van der Waals surface area (Å²) in [6.07, 6.45) is 0.730. The number of anilines is 1. The van der Waals surface area contributed by atoms with Gasteiger partial charge in [0, 0.05) is 11.1 Å². The molecule has 0 aliphatic heterocycles. The number of benzene rings is 1. The summed E-state index contributed by atoms with van der Waals surface area (Å²) in [5, 5.41) is 4.87. The van der Waals surface area contributed by atoms with Gasteiger partial charge in [-0.3, -0.25) is 0 Å². The molecule has 2 aromatic rings. The van der Waals surface area contributed by atoms with Gasteiger partial charge in [0.2, 0.25) is 5.88 Å². The highest BCUT2D eigenvalue weighted by molar-refractivity contribution is 6.43. The fraction of sp³-hybridized carbons (Fsp3) is 0.182. The molecule has 16 heavy (non-hydrogen) atoms. The normalized spacial score (nSPS) is 10.7. The van der Waals surface area contributed by atoms with Crippen LogP contribution in [0.4, 0.5) is 5.88 Å². The van der Waals surface area contributed by atoms with E-state index in [0.29, 0.717) is 21.6 Å². The van der Waals surface area contributed by atoms with Crippen LogP contribution in [-0.4, -0.2) is 5.16 Å². The van der Waals surface area contributed by atoms with Crippen molar-refractivity contribution in [2.24, 2.45) is 0 Å². The number of nitrogens with zero attached hydrogens (tertiary/aromatic N) is 1. The predicted octanol–water partition coefficient (Wildman–Crippen LogP) is 3.79. The van der Waals surface area contributed by atoms with Gasteiger partial charge in [-0.15, -0.1) is 0 Å². The van der Waals surface area contributed by atoms with Crippen molar-refractivity contribution in [3.05, 3.63) is 33.8 Å². The minimum Gasteiger partial charge on any atom is -0.367 e. The van der Waals surface area contributed by atoms with Crippen molar-refractivity contribution in [2.75, 3.05) is 5.73 Å². The predicted molar refractivity (Wildman–Crippen MR) is 65.7 cm³/mol. The second kappa shape index (κ2) is 4.36. The summed E-state index contributed by atoms with van der Waals surface area (Å²) in [6.45, 7) is 1.98. The second-order valence-electron chi connectivity index (χ2n) is 3.33. The maximum absolute atomic E-state index is 6.11. The zero-order chi connectivity index (χ0) is 11.7. The Morgan fingerprint density at radius 1 is 1.38 bits per heavy atom. The topological polar surface area (TPSA) is 52.0 Å². The molecule has 5 heteroatoms. The van der Waals surface area contributed by atoms with Gasteiger partial charge in [0.15, 0.2) is 0 Å².